The van der Waals surface area contributed by atoms with Crippen LogP contribution in [-0.2, 0) is 4.74 Å². The predicted octanol–water partition coefficient (Wildman–Crippen LogP) is 3.09. The topological polar surface area (TPSA) is 83.2 Å². The SMILES string of the molecule is CC(NCCCNC(=O)OC(C)(C)C)c1c[nH]c(=O)c2ccccc12. The van der Waals surface area contributed by atoms with Crippen LogP contribution in [-0.4, -0.2) is 29.8 Å². The number of aromatic nitrogens is 1. The van der Waals surface area contributed by atoms with E-state index < -0.39 is 11.7 Å². The summed E-state index contributed by atoms with van der Waals surface area (Å²) in [5.74, 6) is 0. The van der Waals surface area contributed by atoms with E-state index >= 15 is 0 Å². The Morgan fingerprint density at radius 3 is 2.56 bits per heavy atom. The van der Waals surface area contributed by atoms with Crippen molar-refractivity contribution in [3.8, 4) is 0 Å². The van der Waals surface area contributed by atoms with E-state index in [0.717, 1.165) is 23.9 Å². The molecular formula is C19H27N3O3. The predicted molar refractivity (Wildman–Crippen MR) is 99.8 cm³/mol. The number of rotatable bonds is 6. The van der Waals surface area contributed by atoms with Gasteiger partial charge >= 0.3 is 6.09 Å². The van der Waals surface area contributed by atoms with Gasteiger partial charge in [-0.25, -0.2) is 4.79 Å². The van der Waals surface area contributed by atoms with Gasteiger partial charge in [-0.15, -0.1) is 0 Å². The van der Waals surface area contributed by atoms with Crippen molar-refractivity contribution >= 4 is 16.9 Å². The summed E-state index contributed by atoms with van der Waals surface area (Å²) >= 11 is 0. The van der Waals surface area contributed by atoms with Gasteiger partial charge in [-0.2, -0.15) is 0 Å². The number of carbonyl (C=O) groups excluding carboxylic acids is 1. The standard InChI is InChI=1S/C19H27N3O3/c1-13(20-10-7-11-21-18(24)25-19(2,3)4)16-12-22-17(23)15-9-6-5-8-14(15)16/h5-6,8-9,12-13,20H,7,10-11H2,1-4H3,(H,21,24)(H,22,23). The lowest BCUT2D eigenvalue weighted by Gasteiger charge is -2.20. The first kappa shape index (κ1) is 19.0. The molecule has 0 radical (unpaired) electrons. The van der Waals surface area contributed by atoms with Crippen LogP contribution in [0.2, 0.25) is 0 Å². The van der Waals surface area contributed by atoms with E-state index in [9.17, 15) is 9.59 Å². The molecule has 25 heavy (non-hydrogen) atoms. The molecule has 0 spiro atoms. The molecule has 0 fully saturated rings. The van der Waals surface area contributed by atoms with Crippen LogP contribution in [0.3, 0.4) is 0 Å². The summed E-state index contributed by atoms with van der Waals surface area (Å²) in [6, 6.07) is 7.67. The summed E-state index contributed by atoms with van der Waals surface area (Å²) in [4.78, 5) is 26.2. The molecule has 1 amide bonds. The normalized spacial score (nSPS) is 12.8. The molecule has 136 valence electrons. The molecule has 1 aromatic carbocycles. The van der Waals surface area contributed by atoms with Gasteiger partial charge in [0.1, 0.15) is 5.60 Å². The minimum Gasteiger partial charge on any atom is -0.444 e. The van der Waals surface area contributed by atoms with E-state index in [2.05, 4.69) is 22.5 Å². The van der Waals surface area contributed by atoms with Gasteiger partial charge in [0.05, 0.1) is 0 Å². The summed E-state index contributed by atoms with van der Waals surface area (Å²) in [6.07, 6.45) is 2.15. The van der Waals surface area contributed by atoms with Crippen LogP contribution in [0, 0.1) is 0 Å². The Morgan fingerprint density at radius 1 is 1.20 bits per heavy atom. The second kappa shape index (κ2) is 8.16. The van der Waals surface area contributed by atoms with E-state index in [1.54, 1.807) is 6.20 Å². The minimum absolute atomic E-state index is 0.0758. The van der Waals surface area contributed by atoms with Crippen LogP contribution < -0.4 is 16.2 Å². The zero-order valence-corrected chi connectivity index (χ0v) is 15.3. The highest BCUT2D eigenvalue weighted by atomic mass is 16.6. The number of alkyl carbamates (subject to hydrolysis) is 1. The van der Waals surface area contributed by atoms with E-state index in [1.165, 1.54) is 0 Å². The quantitative estimate of drug-likeness (QED) is 0.703. The van der Waals surface area contributed by atoms with Gasteiger partial charge in [-0.05, 0) is 57.7 Å². The number of carbonyl (C=O) groups is 1. The molecule has 1 atom stereocenters. The van der Waals surface area contributed by atoms with Gasteiger partial charge in [-0.3, -0.25) is 4.79 Å². The Bertz CT molecular complexity index is 777. The first-order valence-electron chi connectivity index (χ1n) is 8.58. The van der Waals surface area contributed by atoms with Crippen molar-refractivity contribution in [2.24, 2.45) is 0 Å². The largest absolute Gasteiger partial charge is 0.444 e. The summed E-state index contributed by atoms with van der Waals surface area (Å²) < 4.78 is 5.19. The Kier molecular flexibility index (Phi) is 6.20. The summed E-state index contributed by atoms with van der Waals surface area (Å²) in [5, 5.41) is 7.81. The fraction of sp³-hybridized carbons (Fsp3) is 0.474. The third-order valence-corrected chi connectivity index (χ3v) is 3.78. The van der Waals surface area contributed by atoms with Crippen molar-refractivity contribution in [3.63, 3.8) is 0 Å². The van der Waals surface area contributed by atoms with Crippen LogP contribution in [0.4, 0.5) is 4.79 Å². The average Bonchev–Trinajstić information content (AvgIpc) is 2.53. The molecule has 0 bridgehead atoms. The first-order chi connectivity index (χ1) is 11.8. The molecule has 2 rings (SSSR count). The van der Waals surface area contributed by atoms with E-state index in [4.69, 9.17) is 4.74 Å². The number of aromatic amines is 1. The molecule has 0 aliphatic carbocycles. The van der Waals surface area contributed by atoms with Crippen LogP contribution in [0.5, 0.6) is 0 Å². The number of hydrogen-bond acceptors (Lipinski definition) is 4. The van der Waals surface area contributed by atoms with Gasteiger partial charge in [-0.1, -0.05) is 18.2 Å². The van der Waals surface area contributed by atoms with Crippen LogP contribution in [0.15, 0.2) is 35.3 Å². The number of pyridine rings is 1. The second-order valence-electron chi connectivity index (χ2n) is 7.08. The van der Waals surface area contributed by atoms with Crippen molar-refractivity contribution in [3.05, 3.63) is 46.4 Å². The zero-order valence-electron chi connectivity index (χ0n) is 15.3. The molecule has 0 saturated carbocycles. The second-order valence-corrected chi connectivity index (χ2v) is 7.08. The summed E-state index contributed by atoms with van der Waals surface area (Å²) in [6.45, 7) is 8.85. The third kappa shape index (κ3) is 5.60. The van der Waals surface area contributed by atoms with E-state index in [1.807, 2.05) is 45.0 Å². The molecule has 1 unspecified atom stereocenters. The monoisotopic (exact) mass is 345 g/mol. The van der Waals surface area contributed by atoms with Gasteiger partial charge in [0.2, 0.25) is 0 Å². The smallest absolute Gasteiger partial charge is 0.407 e. The number of benzene rings is 1. The average molecular weight is 345 g/mol. The lowest BCUT2D eigenvalue weighted by Crippen LogP contribution is -2.34. The van der Waals surface area contributed by atoms with Gasteiger partial charge in [0.15, 0.2) is 0 Å². The zero-order chi connectivity index (χ0) is 18.4. The fourth-order valence-corrected chi connectivity index (χ4v) is 2.61. The minimum atomic E-state index is -0.484. The summed E-state index contributed by atoms with van der Waals surface area (Å²) in [5.41, 5.74) is 0.491. The number of hydrogen-bond donors (Lipinski definition) is 3. The number of nitrogens with one attached hydrogen (secondary N) is 3. The molecular weight excluding hydrogens is 318 g/mol. The van der Waals surface area contributed by atoms with Gasteiger partial charge in [0, 0.05) is 24.2 Å². The molecule has 0 aliphatic rings. The molecule has 3 N–H and O–H groups in total. The number of amides is 1. The summed E-state index contributed by atoms with van der Waals surface area (Å²) in [7, 11) is 0. The maximum Gasteiger partial charge on any atom is 0.407 e. The highest BCUT2D eigenvalue weighted by Crippen LogP contribution is 2.20. The van der Waals surface area contributed by atoms with Crippen LogP contribution >= 0.6 is 0 Å². The molecule has 1 aromatic heterocycles. The van der Waals surface area contributed by atoms with Gasteiger partial charge < -0.3 is 20.4 Å². The number of ether oxygens (including phenoxy) is 1. The lowest BCUT2D eigenvalue weighted by atomic mass is 10.0. The van der Waals surface area contributed by atoms with E-state index in [0.29, 0.717) is 11.9 Å². The molecule has 6 heteroatoms. The Hall–Kier alpha value is -2.34. The molecule has 0 aliphatic heterocycles. The molecule has 0 saturated heterocycles. The van der Waals surface area contributed by atoms with Crippen molar-refractivity contribution < 1.29 is 9.53 Å². The molecule has 2 aromatic rings. The van der Waals surface area contributed by atoms with E-state index in [-0.39, 0.29) is 11.6 Å². The van der Waals surface area contributed by atoms with Crippen LogP contribution in [0.25, 0.3) is 10.8 Å². The van der Waals surface area contributed by atoms with Crippen molar-refractivity contribution in [2.75, 3.05) is 13.1 Å². The van der Waals surface area contributed by atoms with Crippen molar-refractivity contribution in [1.82, 2.24) is 15.6 Å². The first-order valence-corrected chi connectivity index (χ1v) is 8.58. The highest BCUT2D eigenvalue weighted by molar-refractivity contribution is 5.84. The molecule has 1 heterocycles. The lowest BCUT2D eigenvalue weighted by molar-refractivity contribution is 0.0527. The Labute approximate surface area is 148 Å². The number of H-pyrrole nitrogens is 1. The fourth-order valence-electron chi connectivity index (χ4n) is 2.61. The van der Waals surface area contributed by atoms with Crippen molar-refractivity contribution in [2.45, 2.75) is 45.8 Å². The Balaban J connectivity index is 1.84. The van der Waals surface area contributed by atoms with Crippen LogP contribution in [0.1, 0.15) is 45.7 Å². The highest BCUT2D eigenvalue weighted by Gasteiger charge is 2.15. The van der Waals surface area contributed by atoms with Crippen molar-refractivity contribution in [1.29, 1.82) is 0 Å². The van der Waals surface area contributed by atoms with Gasteiger partial charge in [0.25, 0.3) is 5.56 Å². The third-order valence-electron chi connectivity index (χ3n) is 3.78. The molecule has 6 nitrogen and oxygen atoms in total. The maximum atomic E-state index is 11.9. The maximum absolute atomic E-state index is 11.9. The Morgan fingerprint density at radius 2 is 1.88 bits per heavy atom. The number of fused-ring (bicyclic) bond motifs is 1.